The normalized spacial score (nSPS) is 14.4. The van der Waals surface area contributed by atoms with Gasteiger partial charge in [-0.05, 0) is 12.1 Å². The Morgan fingerprint density at radius 1 is 1.69 bits per heavy atom. The Bertz CT molecular complexity index is 375. The van der Waals surface area contributed by atoms with Crippen LogP contribution in [0.25, 0.3) is 0 Å². The smallest absolute Gasteiger partial charge is 0.230 e. The lowest BCUT2D eigenvalue weighted by atomic mass is 10.4. The zero-order valence-electron chi connectivity index (χ0n) is 8.73. The summed E-state index contributed by atoms with van der Waals surface area (Å²) in [6.45, 7) is 2.11. The van der Waals surface area contributed by atoms with Crippen molar-refractivity contribution in [2.24, 2.45) is 4.99 Å². The van der Waals surface area contributed by atoms with E-state index >= 15 is 0 Å². The number of carbonyl (C=O) groups excluding carboxylic acids is 1. The van der Waals surface area contributed by atoms with Crippen LogP contribution in [0.15, 0.2) is 27.8 Å². The topological polar surface area (TPSA) is 66.6 Å². The van der Waals surface area contributed by atoms with E-state index in [4.69, 9.17) is 4.42 Å². The molecule has 6 heteroatoms. The Hall–Kier alpha value is -1.43. The first-order valence-corrected chi connectivity index (χ1v) is 6.03. The van der Waals surface area contributed by atoms with Gasteiger partial charge in [0.25, 0.3) is 0 Å². The molecule has 2 heterocycles. The van der Waals surface area contributed by atoms with E-state index in [1.54, 1.807) is 12.3 Å². The molecule has 0 radical (unpaired) electrons. The van der Waals surface area contributed by atoms with Crippen LogP contribution in [0.1, 0.15) is 5.76 Å². The van der Waals surface area contributed by atoms with Gasteiger partial charge in [0.2, 0.25) is 5.91 Å². The molecular weight excluding hydrogens is 226 g/mol. The maximum Gasteiger partial charge on any atom is 0.230 e. The van der Waals surface area contributed by atoms with Crippen LogP contribution in [0, 0.1) is 0 Å². The van der Waals surface area contributed by atoms with Crippen LogP contribution in [-0.2, 0) is 11.3 Å². The van der Waals surface area contributed by atoms with Gasteiger partial charge in [-0.2, -0.15) is 0 Å². The van der Waals surface area contributed by atoms with Crippen LogP contribution in [0.2, 0.25) is 0 Å². The molecule has 0 unspecified atom stereocenters. The third kappa shape index (κ3) is 3.30. The summed E-state index contributed by atoms with van der Waals surface area (Å²) in [6.07, 6.45) is 1.59. The van der Waals surface area contributed by atoms with Gasteiger partial charge in [-0.25, -0.2) is 0 Å². The van der Waals surface area contributed by atoms with Gasteiger partial charge < -0.3 is 15.1 Å². The fourth-order valence-electron chi connectivity index (χ4n) is 1.26. The van der Waals surface area contributed by atoms with E-state index in [1.165, 1.54) is 11.8 Å². The third-order valence-corrected chi connectivity index (χ3v) is 2.98. The van der Waals surface area contributed by atoms with Crippen molar-refractivity contribution in [1.29, 1.82) is 0 Å². The lowest BCUT2D eigenvalue weighted by Crippen LogP contribution is -2.26. The average Bonchev–Trinajstić information content (AvgIpc) is 2.96. The Balaban J connectivity index is 1.64. The number of amidine groups is 1. The molecule has 0 fully saturated rings. The molecule has 1 aromatic rings. The minimum absolute atomic E-state index is 0.0159. The molecular formula is C10H13N3O2S. The summed E-state index contributed by atoms with van der Waals surface area (Å²) in [4.78, 5) is 15.6. The van der Waals surface area contributed by atoms with Gasteiger partial charge in [-0.1, -0.05) is 11.8 Å². The highest BCUT2D eigenvalue weighted by atomic mass is 32.2. The van der Waals surface area contributed by atoms with Gasteiger partial charge in [0.1, 0.15) is 5.76 Å². The van der Waals surface area contributed by atoms with Crippen LogP contribution >= 0.6 is 11.8 Å². The summed E-state index contributed by atoms with van der Waals surface area (Å²) in [5.41, 5.74) is 0. The monoisotopic (exact) mass is 239 g/mol. The average molecular weight is 239 g/mol. The Morgan fingerprint density at radius 2 is 2.62 bits per heavy atom. The number of aliphatic imine (C=N–C) groups is 1. The van der Waals surface area contributed by atoms with Crippen LogP contribution < -0.4 is 10.6 Å². The molecule has 86 valence electrons. The number of nitrogens with zero attached hydrogens (tertiary/aromatic N) is 1. The number of carbonyl (C=O) groups is 1. The summed E-state index contributed by atoms with van der Waals surface area (Å²) in [6, 6.07) is 3.63. The van der Waals surface area contributed by atoms with Gasteiger partial charge in [0.15, 0.2) is 5.17 Å². The quantitative estimate of drug-likeness (QED) is 0.807. The second-order valence-electron chi connectivity index (χ2n) is 3.26. The highest BCUT2D eigenvalue weighted by Gasteiger charge is 2.08. The van der Waals surface area contributed by atoms with E-state index in [0.29, 0.717) is 12.3 Å². The van der Waals surface area contributed by atoms with Crippen molar-refractivity contribution in [2.75, 3.05) is 18.8 Å². The largest absolute Gasteiger partial charge is 0.467 e. The summed E-state index contributed by atoms with van der Waals surface area (Å²) in [7, 11) is 0. The van der Waals surface area contributed by atoms with E-state index in [-0.39, 0.29) is 5.91 Å². The van der Waals surface area contributed by atoms with Crippen molar-refractivity contribution in [3.8, 4) is 0 Å². The third-order valence-electron chi connectivity index (χ3n) is 2.02. The van der Waals surface area contributed by atoms with Gasteiger partial charge in [0.05, 0.1) is 25.1 Å². The van der Waals surface area contributed by atoms with Gasteiger partial charge in [-0.3, -0.25) is 9.79 Å². The summed E-state index contributed by atoms with van der Waals surface area (Å²) in [5.74, 6) is 1.12. The van der Waals surface area contributed by atoms with Crippen molar-refractivity contribution in [3.63, 3.8) is 0 Å². The molecule has 1 aliphatic heterocycles. The first kappa shape index (κ1) is 11.1. The Kier molecular flexibility index (Phi) is 3.87. The van der Waals surface area contributed by atoms with Gasteiger partial charge >= 0.3 is 0 Å². The number of furan rings is 1. The van der Waals surface area contributed by atoms with Gasteiger partial charge in [0, 0.05) is 6.54 Å². The van der Waals surface area contributed by atoms with Crippen molar-refractivity contribution in [2.45, 2.75) is 6.54 Å². The molecule has 0 saturated heterocycles. The molecule has 2 rings (SSSR count). The van der Waals surface area contributed by atoms with E-state index < -0.39 is 0 Å². The van der Waals surface area contributed by atoms with Crippen LogP contribution in [0.4, 0.5) is 0 Å². The first-order chi connectivity index (χ1) is 7.84. The van der Waals surface area contributed by atoms with Crippen LogP contribution in [0.3, 0.4) is 0 Å². The minimum atomic E-state index is -0.0159. The standard InChI is InChI=1S/C10H13N3O2S/c14-9(7-16-10-11-3-4-12-10)13-6-8-2-1-5-15-8/h1-2,5H,3-4,6-7H2,(H,11,12)(H,13,14). The molecule has 0 bridgehead atoms. The molecule has 16 heavy (non-hydrogen) atoms. The van der Waals surface area contributed by atoms with Crippen molar-refractivity contribution in [1.82, 2.24) is 10.6 Å². The summed E-state index contributed by atoms with van der Waals surface area (Å²) < 4.78 is 5.10. The molecule has 5 nitrogen and oxygen atoms in total. The second-order valence-corrected chi connectivity index (χ2v) is 4.22. The van der Waals surface area contributed by atoms with Crippen molar-refractivity contribution < 1.29 is 9.21 Å². The molecule has 0 saturated carbocycles. The zero-order chi connectivity index (χ0) is 11.2. The molecule has 1 aromatic heterocycles. The highest BCUT2D eigenvalue weighted by molar-refractivity contribution is 8.14. The second kappa shape index (κ2) is 5.60. The molecule has 0 aromatic carbocycles. The molecule has 0 atom stereocenters. The van der Waals surface area contributed by atoms with Crippen LogP contribution in [-0.4, -0.2) is 29.9 Å². The number of hydrogen-bond acceptors (Lipinski definition) is 5. The Labute approximate surface area is 97.7 Å². The minimum Gasteiger partial charge on any atom is -0.467 e. The number of amides is 1. The maximum absolute atomic E-state index is 11.4. The lowest BCUT2D eigenvalue weighted by Gasteiger charge is -2.03. The number of rotatable bonds is 4. The number of thioether (sulfide) groups is 1. The Morgan fingerprint density at radius 3 is 3.31 bits per heavy atom. The van der Waals surface area contributed by atoms with Crippen molar-refractivity contribution >= 4 is 22.8 Å². The molecule has 0 aliphatic carbocycles. The first-order valence-electron chi connectivity index (χ1n) is 5.05. The predicted octanol–water partition coefficient (Wildman–Crippen LogP) is 0.588. The van der Waals surface area contributed by atoms with E-state index in [9.17, 15) is 4.79 Å². The van der Waals surface area contributed by atoms with E-state index in [1.807, 2.05) is 6.07 Å². The molecule has 0 spiro atoms. The molecule has 1 aliphatic rings. The van der Waals surface area contributed by atoms with Crippen LogP contribution in [0.5, 0.6) is 0 Å². The van der Waals surface area contributed by atoms with Gasteiger partial charge in [-0.15, -0.1) is 0 Å². The predicted molar refractivity (Wildman–Crippen MR) is 63.3 cm³/mol. The zero-order valence-corrected chi connectivity index (χ0v) is 9.55. The number of nitrogens with one attached hydrogen (secondary N) is 2. The fraction of sp³-hybridized carbons (Fsp3) is 0.400. The highest BCUT2D eigenvalue weighted by Crippen LogP contribution is 2.05. The lowest BCUT2D eigenvalue weighted by molar-refractivity contribution is -0.118. The maximum atomic E-state index is 11.4. The van der Waals surface area contributed by atoms with E-state index in [2.05, 4.69) is 15.6 Å². The SMILES string of the molecule is O=C(CSC1=NCCN1)NCc1ccco1. The molecule has 1 amide bonds. The van der Waals surface area contributed by atoms with Crippen molar-refractivity contribution in [3.05, 3.63) is 24.2 Å². The summed E-state index contributed by atoms with van der Waals surface area (Å²) >= 11 is 1.43. The molecule has 2 N–H and O–H groups in total. The fourth-order valence-corrected chi connectivity index (χ4v) is 2.01. The number of hydrogen-bond donors (Lipinski definition) is 2. The van der Waals surface area contributed by atoms with E-state index in [0.717, 1.165) is 24.0 Å². The summed E-state index contributed by atoms with van der Waals surface area (Å²) in [5, 5.41) is 6.72.